The molecule has 6 rings (SSSR count). The van der Waals surface area contributed by atoms with Crippen LogP contribution in [0.2, 0.25) is 0 Å². The van der Waals surface area contributed by atoms with Crippen LogP contribution in [0.15, 0.2) is 84.1 Å². The second-order valence-corrected chi connectivity index (χ2v) is 14.5. The van der Waals surface area contributed by atoms with Gasteiger partial charge in [-0.1, -0.05) is 74.5 Å². The molecular weight excluding hydrogens is 622 g/mol. The number of carbonyl (C=O) groups excluding carboxylic acids is 4. The SMILES string of the molecule is CN(C)c1ccc(OCc2ccccc2)c2c1C[C@@]1(C)C[C@@]3(C)[C@H](N(C)C)C(OCc4ccccc4)=C(C(N)=O)C(=O)[C@@]3(O)C(=O)C1C2=O. The Bertz CT molecular complexity index is 1870. The number of hydrogen-bond acceptors (Lipinski definition) is 9. The highest BCUT2D eigenvalue weighted by Gasteiger charge is 2.75. The molecule has 3 aliphatic carbocycles. The monoisotopic (exact) mass is 665 g/mol. The van der Waals surface area contributed by atoms with Crippen molar-refractivity contribution in [1.29, 1.82) is 0 Å². The van der Waals surface area contributed by atoms with Crippen molar-refractivity contribution < 1.29 is 33.8 Å². The number of benzene rings is 3. The molecule has 3 N–H and O–H groups in total. The average molecular weight is 666 g/mol. The summed E-state index contributed by atoms with van der Waals surface area (Å²) >= 11 is 0. The van der Waals surface area contributed by atoms with Gasteiger partial charge in [0.2, 0.25) is 5.78 Å². The van der Waals surface area contributed by atoms with Gasteiger partial charge in [0, 0.05) is 25.2 Å². The molecule has 0 spiro atoms. The van der Waals surface area contributed by atoms with Crippen LogP contribution >= 0.6 is 0 Å². The Balaban J connectivity index is 1.49. The smallest absolute Gasteiger partial charge is 0.255 e. The van der Waals surface area contributed by atoms with Crippen LogP contribution in [0.1, 0.15) is 47.3 Å². The third-order valence-electron chi connectivity index (χ3n) is 10.6. The topological polar surface area (TPSA) is 139 Å². The largest absolute Gasteiger partial charge is 0.491 e. The summed E-state index contributed by atoms with van der Waals surface area (Å²) in [7, 11) is 7.24. The molecule has 1 amide bonds. The zero-order valence-corrected chi connectivity index (χ0v) is 28.8. The summed E-state index contributed by atoms with van der Waals surface area (Å²) in [4.78, 5) is 60.8. The third-order valence-corrected chi connectivity index (χ3v) is 10.6. The lowest BCUT2D eigenvalue weighted by molar-refractivity contribution is -0.194. The van der Waals surface area contributed by atoms with Crippen molar-refractivity contribution in [2.75, 3.05) is 33.1 Å². The molecule has 0 aromatic heterocycles. The molecule has 10 nitrogen and oxygen atoms in total. The quantitative estimate of drug-likeness (QED) is 0.258. The van der Waals surface area contributed by atoms with E-state index >= 15 is 0 Å². The molecule has 5 atom stereocenters. The van der Waals surface area contributed by atoms with Crippen LogP contribution in [0.3, 0.4) is 0 Å². The minimum absolute atomic E-state index is 0.00138. The highest BCUT2D eigenvalue weighted by atomic mass is 16.5. The van der Waals surface area contributed by atoms with E-state index < -0.39 is 57.2 Å². The van der Waals surface area contributed by atoms with E-state index in [1.165, 1.54) is 0 Å². The van der Waals surface area contributed by atoms with Gasteiger partial charge in [0.25, 0.3) is 5.91 Å². The predicted molar refractivity (Wildman–Crippen MR) is 184 cm³/mol. The second kappa shape index (κ2) is 12.3. The Labute approximate surface area is 286 Å². The molecule has 3 aromatic rings. The fourth-order valence-electron chi connectivity index (χ4n) is 8.67. The number of anilines is 1. The molecule has 0 aliphatic heterocycles. The molecule has 1 unspecified atom stereocenters. The molecule has 0 bridgehead atoms. The number of nitrogens with two attached hydrogens (primary N) is 1. The number of amides is 1. The number of primary amides is 1. The maximum Gasteiger partial charge on any atom is 0.255 e. The van der Waals surface area contributed by atoms with E-state index in [2.05, 4.69) is 0 Å². The van der Waals surface area contributed by atoms with Crippen LogP contribution in [0, 0.1) is 16.7 Å². The molecule has 49 heavy (non-hydrogen) atoms. The zero-order chi connectivity index (χ0) is 35.5. The number of nitrogens with zero attached hydrogens (tertiary/aromatic N) is 2. The van der Waals surface area contributed by atoms with Gasteiger partial charge in [0.1, 0.15) is 30.3 Å². The lowest BCUT2D eigenvalue weighted by Crippen LogP contribution is -2.76. The van der Waals surface area contributed by atoms with Gasteiger partial charge in [-0.3, -0.25) is 24.1 Å². The van der Waals surface area contributed by atoms with Crippen molar-refractivity contribution in [2.45, 2.75) is 51.5 Å². The summed E-state index contributed by atoms with van der Waals surface area (Å²) in [5.74, 6) is -4.80. The molecule has 3 aliphatic rings. The molecule has 1 fully saturated rings. The number of hydrogen-bond donors (Lipinski definition) is 2. The van der Waals surface area contributed by atoms with Gasteiger partial charge in [-0.2, -0.15) is 0 Å². The number of likely N-dealkylation sites (N-methyl/N-ethyl adjacent to an activating group) is 1. The van der Waals surface area contributed by atoms with E-state index in [4.69, 9.17) is 15.2 Å². The predicted octanol–water partition coefficient (Wildman–Crippen LogP) is 3.87. The van der Waals surface area contributed by atoms with E-state index in [1.807, 2.05) is 92.6 Å². The highest BCUT2D eigenvalue weighted by Crippen LogP contribution is 2.63. The Hall–Kier alpha value is -4.80. The van der Waals surface area contributed by atoms with Gasteiger partial charge in [-0.05, 0) is 61.2 Å². The van der Waals surface area contributed by atoms with E-state index in [0.29, 0.717) is 12.2 Å². The normalized spacial score (nSPS) is 27.7. The number of aliphatic hydroxyl groups is 1. The lowest BCUT2D eigenvalue weighted by atomic mass is 9.43. The van der Waals surface area contributed by atoms with Crippen LogP contribution < -0.4 is 15.4 Å². The molecule has 1 saturated carbocycles. The maximum atomic E-state index is 14.9. The summed E-state index contributed by atoms with van der Waals surface area (Å²) in [5.41, 5.74) is 3.46. The van der Waals surface area contributed by atoms with Gasteiger partial charge in [-0.15, -0.1) is 0 Å². The third kappa shape index (κ3) is 5.25. The summed E-state index contributed by atoms with van der Waals surface area (Å²) in [5, 5.41) is 12.6. The summed E-state index contributed by atoms with van der Waals surface area (Å²) in [6, 6.07) is 21.5. The van der Waals surface area contributed by atoms with E-state index in [9.17, 15) is 24.3 Å². The lowest BCUT2D eigenvalue weighted by Gasteiger charge is -2.61. The van der Waals surface area contributed by atoms with Crippen molar-refractivity contribution in [1.82, 2.24) is 4.90 Å². The molecule has 3 aromatic carbocycles. The first-order valence-electron chi connectivity index (χ1n) is 16.4. The van der Waals surface area contributed by atoms with Crippen molar-refractivity contribution in [3.8, 4) is 5.75 Å². The van der Waals surface area contributed by atoms with Crippen molar-refractivity contribution in [2.24, 2.45) is 22.5 Å². The summed E-state index contributed by atoms with van der Waals surface area (Å²) in [6.45, 7) is 3.76. The number of ketones is 3. The van der Waals surface area contributed by atoms with E-state index in [1.54, 1.807) is 32.0 Å². The first kappa shape index (κ1) is 34.1. The Kier molecular flexibility index (Phi) is 8.53. The minimum Gasteiger partial charge on any atom is -0.491 e. The molecule has 10 heteroatoms. The zero-order valence-electron chi connectivity index (χ0n) is 28.8. The number of ether oxygens (including phenoxy) is 2. The van der Waals surface area contributed by atoms with Gasteiger partial charge in [0.05, 0.1) is 17.5 Å². The Morgan fingerprint density at radius 3 is 1.98 bits per heavy atom. The van der Waals surface area contributed by atoms with Crippen molar-refractivity contribution >= 4 is 28.9 Å². The molecule has 0 radical (unpaired) electrons. The number of fused-ring (bicyclic) bond motifs is 3. The van der Waals surface area contributed by atoms with Gasteiger partial charge in [0.15, 0.2) is 17.2 Å². The second-order valence-electron chi connectivity index (χ2n) is 14.5. The number of Topliss-reactive ketones (excluding diaryl/α,β-unsaturated/α-hetero) is 3. The fourth-order valence-corrected chi connectivity index (χ4v) is 8.67. The maximum absolute atomic E-state index is 14.9. The fraction of sp³-hybridized carbons (Fsp3) is 0.385. The average Bonchev–Trinajstić information content (AvgIpc) is 3.04. The van der Waals surface area contributed by atoms with Gasteiger partial charge < -0.3 is 25.2 Å². The Morgan fingerprint density at radius 1 is 0.878 bits per heavy atom. The van der Waals surface area contributed by atoms with E-state index in [0.717, 1.165) is 22.4 Å². The first-order chi connectivity index (χ1) is 23.2. The minimum atomic E-state index is -2.74. The van der Waals surface area contributed by atoms with Crippen molar-refractivity contribution in [3.63, 3.8) is 0 Å². The van der Waals surface area contributed by atoms with E-state index in [-0.39, 0.29) is 31.0 Å². The molecule has 0 heterocycles. The van der Waals surface area contributed by atoms with Crippen LogP contribution in [-0.2, 0) is 38.8 Å². The number of carbonyl (C=O) groups is 4. The summed E-state index contributed by atoms with van der Waals surface area (Å²) < 4.78 is 12.5. The van der Waals surface area contributed by atoms with Crippen LogP contribution in [-0.4, -0.2) is 73.1 Å². The van der Waals surface area contributed by atoms with Gasteiger partial charge >= 0.3 is 0 Å². The summed E-state index contributed by atoms with van der Waals surface area (Å²) in [6.07, 6.45) is 0.381. The van der Waals surface area contributed by atoms with Crippen LogP contribution in [0.5, 0.6) is 5.75 Å². The highest BCUT2D eigenvalue weighted by molar-refractivity contribution is 6.33. The molecule has 256 valence electrons. The van der Waals surface area contributed by atoms with Crippen LogP contribution in [0.25, 0.3) is 0 Å². The van der Waals surface area contributed by atoms with Crippen molar-refractivity contribution in [3.05, 3.63) is 106 Å². The standard InChI is InChI=1S/C39H43N3O7/c1-37-19-25-26(41(3)4)17-18-27(48-20-23-13-9-7-10-14-23)28(25)31(43)30(37)35(45)39(47)34(44)29(36(40)46)32(33(42(5)6)38(39,2)22-37)49-21-24-15-11-8-12-16-24/h7-18,30,33,47H,19-22H2,1-6H3,(H2,40,46)/t30?,33-,37+,38+,39-/m1/s1. The number of rotatable bonds is 9. The molecule has 0 saturated heterocycles. The van der Waals surface area contributed by atoms with Gasteiger partial charge in [-0.25, -0.2) is 0 Å². The van der Waals surface area contributed by atoms with Crippen LogP contribution in [0.4, 0.5) is 5.69 Å². The first-order valence-corrected chi connectivity index (χ1v) is 16.4. The Morgan fingerprint density at radius 2 is 1.45 bits per heavy atom. The molecular formula is C39H43N3O7.